The van der Waals surface area contributed by atoms with Crippen molar-refractivity contribution in [3.05, 3.63) is 45.4 Å². The maximum Gasteiger partial charge on any atom is 0.287 e. The van der Waals surface area contributed by atoms with Crippen LogP contribution in [0.1, 0.15) is 25.4 Å². The maximum atomic E-state index is 12.1. The van der Waals surface area contributed by atoms with E-state index in [2.05, 4.69) is 20.4 Å². The Morgan fingerprint density at radius 3 is 2.86 bits per heavy atom. The van der Waals surface area contributed by atoms with Crippen molar-refractivity contribution in [1.82, 2.24) is 19.7 Å². The molecule has 0 aromatic carbocycles. The van der Waals surface area contributed by atoms with Crippen LogP contribution < -0.4 is 10.9 Å². The van der Waals surface area contributed by atoms with E-state index in [1.54, 1.807) is 18.5 Å². The number of anilines is 1. The Balaban J connectivity index is 2.14. The van der Waals surface area contributed by atoms with Crippen LogP contribution in [-0.2, 0) is 13.1 Å². The Labute approximate surface area is 128 Å². The first-order valence-corrected chi connectivity index (χ1v) is 7.13. The van der Waals surface area contributed by atoms with Gasteiger partial charge in [-0.15, -0.1) is 0 Å². The zero-order valence-corrected chi connectivity index (χ0v) is 13.1. The van der Waals surface area contributed by atoms with Crippen LogP contribution >= 0.6 is 11.6 Å². The van der Waals surface area contributed by atoms with E-state index in [9.17, 15) is 4.79 Å². The third kappa shape index (κ3) is 4.01. The highest BCUT2D eigenvalue weighted by molar-refractivity contribution is 6.32. The average Bonchev–Trinajstić information content (AvgIpc) is 2.43. The second-order valence-corrected chi connectivity index (χ2v) is 5.58. The summed E-state index contributed by atoms with van der Waals surface area (Å²) in [5.41, 5.74) is 1.05. The van der Waals surface area contributed by atoms with Crippen molar-refractivity contribution in [2.75, 3.05) is 5.32 Å². The first-order chi connectivity index (χ1) is 9.97. The molecular weight excluding hydrogens is 290 g/mol. The Kier molecular flexibility index (Phi) is 4.90. The smallest absolute Gasteiger partial charge is 0.287 e. The van der Waals surface area contributed by atoms with Crippen molar-refractivity contribution in [2.45, 2.75) is 33.9 Å². The zero-order valence-electron chi connectivity index (χ0n) is 12.3. The van der Waals surface area contributed by atoms with E-state index in [-0.39, 0.29) is 10.6 Å². The van der Waals surface area contributed by atoms with Crippen molar-refractivity contribution in [1.29, 1.82) is 0 Å². The number of halogens is 1. The summed E-state index contributed by atoms with van der Waals surface area (Å²) < 4.78 is 1.38. The predicted molar refractivity (Wildman–Crippen MR) is 82.4 cm³/mol. The summed E-state index contributed by atoms with van der Waals surface area (Å²) in [6.07, 6.45) is 3.26. The Hall–Kier alpha value is -1.95. The van der Waals surface area contributed by atoms with Gasteiger partial charge in [0.2, 0.25) is 0 Å². The summed E-state index contributed by atoms with van der Waals surface area (Å²) in [5, 5.41) is 7.36. The fraction of sp³-hybridized carbons (Fsp3) is 0.429. The minimum absolute atomic E-state index is 0.149. The van der Waals surface area contributed by atoms with Crippen molar-refractivity contribution < 1.29 is 0 Å². The van der Waals surface area contributed by atoms with E-state index in [1.165, 1.54) is 4.68 Å². The molecule has 0 fully saturated rings. The van der Waals surface area contributed by atoms with Crippen LogP contribution in [0.3, 0.4) is 0 Å². The fourth-order valence-corrected chi connectivity index (χ4v) is 2.07. The van der Waals surface area contributed by atoms with Gasteiger partial charge in [0.05, 0.1) is 24.1 Å². The quantitative estimate of drug-likeness (QED) is 0.917. The number of rotatable bonds is 5. The molecule has 0 radical (unpaired) electrons. The Bertz CT molecular complexity index is 683. The van der Waals surface area contributed by atoms with Crippen LogP contribution in [0, 0.1) is 12.8 Å². The normalized spacial score (nSPS) is 10.9. The molecular formula is C14H18ClN5O. The number of nitrogens with zero attached hydrogens (tertiary/aromatic N) is 4. The van der Waals surface area contributed by atoms with E-state index in [0.717, 1.165) is 5.69 Å². The number of nitrogens with one attached hydrogen (secondary N) is 1. The monoisotopic (exact) mass is 307 g/mol. The highest BCUT2D eigenvalue weighted by atomic mass is 35.5. The van der Waals surface area contributed by atoms with E-state index >= 15 is 0 Å². The molecule has 2 aromatic rings. The van der Waals surface area contributed by atoms with E-state index in [1.807, 2.05) is 20.8 Å². The highest BCUT2D eigenvalue weighted by Crippen LogP contribution is 2.16. The Morgan fingerprint density at radius 1 is 1.43 bits per heavy atom. The molecule has 2 rings (SSSR count). The number of aromatic nitrogens is 4. The third-order valence-corrected chi connectivity index (χ3v) is 3.18. The lowest BCUT2D eigenvalue weighted by atomic mass is 10.2. The molecule has 0 aliphatic rings. The van der Waals surface area contributed by atoms with Crippen molar-refractivity contribution >= 4 is 17.3 Å². The molecule has 0 unspecified atom stereocenters. The van der Waals surface area contributed by atoms with Gasteiger partial charge in [-0.05, 0) is 18.9 Å². The van der Waals surface area contributed by atoms with Crippen LogP contribution in [0.5, 0.6) is 0 Å². The first kappa shape index (κ1) is 15.4. The lowest BCUT2D eigenvalue weighted by Gasteiger charge is -2.11. The van der Waals surface area contributed by atoms with Crippen LogP contribution in [-0.4, -0.2) is 19.7 Å². The van der Waals surface area contributed by atoms with E-state index in [4.69, 9.17) is 11.6 Å². The van der Waals surface area contributed by atoms with Gasteiger partial charge in [0.25, 0.3) is 5.56 Å². The minimum Gasteiger partial charge on any atom is -0.377 e. The molecule has 0 spiro atoms. The second-order valence-electron chi connectivity index (χ2n) is 5.20. The largest absolute Gasteiger partial charge is 0.377 e. The summed E-state index contributed by atoms with van der Waals surface area (Å²) in [4.78, 5) is 20.4. The van der Waals surface area contributed by atoms with Gasteiger partial charge in [-0.2, -0.15) is 5.10 Å². The van der Waals surface area contributed by atoms with Crippen molar-refractivity contribution in [3.63, 3.8) is 0 Å². The molecule has 112 valence electrons. The molecule has 1 N–H and O–H groups in total. The molecule has 0 amide bonds. The molecule has 2 heterocycles. The van der Waals surface area contributed by atoms with Gasteiger partial charge in [0.15, 0.2) is 0 Å². The summed E-state index contributed by atoms with van der Waals surface area (Å²) in [6, 6.07) is 1.81. The fourth-order valence-electron chi connectivity index (χ4n) is 1.85. The van der Waals surface area contributed by atoms with Gasteiger partial charge in [0, 0.05) is 12.7 Å². The zero-order chi connectivity index (χ0) is 15.4. The number of hydrogen-bond donors (Lipinski definition) is 1. The third-order valence-electron chi connectivity index (χ3n) is 2.82. The van der Waals surface area contributed by atoms with Crippen LogP contribution in [0.25, 0.3) is 0 Å². The molecule has 0 saturated heterocycles. The van der Waals surface area contributed by atoms with Crippen molar-refractivity contribution in [3.8, 4) is 0 Å². The average molecular weight is 308 g/mol. The summed E-state index contributed by atoms with van der Waals surface area (Å²) >= 11 is 6.11. The van der Waals surface area contributed by atoms with E-state index in [0.29, 0.717) is 30.5 Å². The Morgan fingerprint density at radius 2 is 2.19 bits per heavy atom. The van der Waals surface area contributed by atoms with Crippen LogP contribution in [0.15, 0.2) is 23.3 Å². The lowest BCUT2D eigenvalue weighted by molar-refractivity contribution is 0.464. The van der Waals surface area contributed by atoms with Crippen LogP contribution in [0.2, 0.25) is 5.02 Å². The molecule has 0 bridgehead atoms. The van der Waals surface area contributed by atoms with Gasteiger partial charge >= 0.3 is 0 Å². The molecule has 0 saturated carbocycles. The summed E-state index contributed by atoms with van der Waals surface area (Å²) in [6.45, 7) is 6.87. The van der Waals surface area contributed by atoms with Gasteiger partial charge in [0.1, 0.15) is 10.8 Å². The predicted octanol–water partition coefficient (Wildman–Crippen LogP) is 2.26. The van der Waals surface area contributed by atoms with E-state index < -0.39 is 0 Å². The summed E-state index contributed by atoms with van der Waals surface area (Å²) in [7, 11) is 0. The van der Waals surface area contributed by atoms with Crippen LogP contribution in [0.4, 0.5) is 5.69 Å². The maximum absolute atomic E-state index is 12.1. The topological polar surface area (TPSA) is 72.7 Å². The lowest BCUT2D eigenvalue weighted by Crippen LogP contribution is -2.26. The molecule has 0 aliphatic carbocycles. The summed E-state index contributed by atoms with van der Waals surface area (Å²) in [5.74, 6) is 1.03. The molecule has 2 aromatic heterocycles. The SMILES string of the molecule is Cc1nccc(CNc2cnn(CC(C)C)c(=O)c2Cl)n1. The molecule has 21 heavy (non-hydrogen) atoms. The second kappa shape index (κ2) is 6.67. The van der Waals surface area contributed by atoms with Gasteiger partial charge in [-0.25, -0.2) is 14.6 Å². The standard InChI is InChI=1S/C14H18ClN5O/c1-9(2)8-20-14(21)13(15)12(7-18-20)17-6-11-4-5-16-10(3)19-11/h4-5,7,9,17H,6,8H2,1-3H3. The number of hydrogen-bond acceptors (Lipinski definition) is 5. The van der Waals surface area contributed by atoms with Gasteiger partial charge in [-0.1, -0.05) is 25.4 Å². The highest BCUT2D eigenvalue weighted by Gasteiger charge is 2.10. The van der Waals surface area contributed by atoms with Gasteiger partial charge in [-0.3, -0.25) is 4.79 Å². The molecule has 6 nitrogen and oxygen atoms in total. The minimum atomic E-state index is -0.283. The van der Waals surface area contributed by atoms with Gasteiger partial charge < -0.3 is 5.32 Å². The van der Waals surface area contributed by atoms with Crippen molar-refractivity contribution in [2.24, 2.45) is 5.92 Å². The number of aryl methyl sites for hydroxylation is 1. The molecule has 7 heteroatoms. The first-order valence-electron chi connectivity index (χ1n) is 6.75. The molecule has 0 aliphatic heterocycles. The molecule has 0 atom stereocenters.